The minimum absolute atomic E-state index is 0.770. The van der Waals surface area contributed by atoms with E-state index in [2.05, 4.69) is 16.1 Å². The van der Waals surface area contributed by atoms with Crippen molar-refractivity contribution in [3.05, 3.63) is 0 Å². The van der Waals surface area contributed by atoms with Gasteiger partial charge in [-0.3, -0.25) is 0 Å². The van der Waals surface area contributed by atoms with Gasteiger partial charge in [0.25, 0.3) is 0 Å². The van der Waals surface area contributed by atoms with Crippen molar-refractivity contribution in [3.63, 3.8) is 0 Å². The second-order valence-electron chi connectivity index (χ2n) is 4.51. The standard InChI is InChI=1S/C12H20N2/c1-2-3-4-7-13-12-6-9-14-8-5-11(12)10-14/h1,11-13H,3-10H2. The summed E-state index contributed by atoms with van der Waals surface area (Å²) < 4.78 is 0. The van der Waals surface area contributed by atoms with E-state index >= 15 is 0 Å². The van der Waals surface area contributed by atoms with Gasteiger partial charge in [-0.2, -0.15) is 0 Å². The lowest BCUT2D eigenvalue weighted by Crippen LogP contribution is -2.44. The molecule has 0 aromatic carbocycles. The van der Waals surface area contributed by atoms with Crippen molar-refractivity contribution in [3.8, 4) is 12.3 Å². The van der Waals surface area contributed by atoms with Gasteiger partial charge < -0.3 is 10.2 Å². The lowest BCUT2D eigenvalue weighted by Gasteiger charge is -2.31. The van der Waals surface area contributed by atoms with Crippen LogP contribution in [0.5, 0.6) is 0 Å². The molecule has 2 aliphatic rings. The Balaban J connectivity index is 1.68. The van der Waals surface area contributed by atoms with Crippen LogP contribution in [-0.4, -0.2) is 37.1 Å². The fourth-order valence-electron chi connectivity index (χ4n) is 2.70. The molecule has 3 unspecified atom stereocenters. The summed E-state index contributed by atoms with van der Waals surface area (Å²) >= 11 is 0. The molecule has 0 aromatic rings. The van der Waals surface area contributed by atoms with Crippen LogP contribution in [-0.2, 0) is 0 Å². The zero-order valence-corrected chi connectivity index (χ0v) is 8.84. The van der Waals surface area contributed by atoms with Crippen molar-refractivity contribution in [2.75, 3.05) is 26.2 Å². The van der Waals surface area contributed by atoms with Crippen LogP contribution in [0.2, 0.25) is 0 Å². The van der Waals surface area contributed by atoms with Crippen molar-refractivity contribution < 1.29 is 0 Å². The summed E-state index contributed by atoms with van der Waals surface area (Å²) in [6.45, 7) is 5.05. The first-order valence-corrected chi connectivity index (χ1v) is 5.79. The Morgan fingerprint density at radius 2 is 2.21 bits per heavy atom. The summed E-state index contributed by atoms with van der Waals surface area (Å²) in [6.07, 6.45) is 9.99. The van der Waals surface area contributed by atoms with Crippen LogP contribution in [0.15, 0.2) is 0 Å². The fraction of sp³-hybridized carbons (Fsp3) is 0.833. The van der Waals surface area contributed by atoms with E-state index in [1.54, 1.807) is 0 Å². The summed E-state index contributed by atoms with van der Waals surface area (Å²) in [5, 5.41) is 3.66. The van der Waals surface area contributed by atoms with E-state index in [0.29, 0.717) is 0 Å². The highest BCUT2D eigenvalue weighted by molar-refractivity contribution is 4.91. The van der Waals surface area contributed by atoms with E-state index < -0.39 is 0 Å². The quantitative estimate of drug-likeness (QED) is 0.530. The number of hydrogen-bond donors (Lipinski definition) is 1. The third-order valence-electron chi connectivity index (χ3n) is 3.54. The molecule has 0 amide bonds. The maximum atomic E-state index is 5.22. The van der Waals surface area contributed by atoms with Gasteiger partial charge in [0.1, 0.15) is 0 Å². The highest BCUT2D eigenvalue weighted by Gasteiger charge is 2.33. The smallest absolute Gasteiger partial charge is 0.0120 e. The summed E-state index contributed by atoms with van der Waals surface area (Å²) in [5.74, 6) is 3.60. The molecule has 0 aliphatic carbocycles. The van der Waals surface area contributed by atoms with Crippen LogP contribution in [0.25, 0.3) is 0 Å². The molecule has 2 saturated heterocycles. The minimum atomic E-state index is 0.770. The normalized spacial score (nSPS) is 35.5. The maximum absolute atomic E-state index is 5.22. The number of unbranched alkanes of at least 4 members (excludes halogenated alkanes) is 1. The fourth-order valence-corrected chi connectivity index (χ4v) is 2.70. The van der Waals surface area contributed by atoms with Crippen molar-refractivity contribution in [1.82, 2.24) is 10.2 Å². The number of piperidine rings is 1. The van der Waals surface area contributed by atoms with Crippen molar-refractivity contribution in [2.45, 2.75) is 31.7 Å². The summed E-state index contributed by atoms with van der Waals surface area (Å²) in [5.41, 5.74) is 0. The second kappa shape index (κ2) is 4.82. The predicted octanol–water partition coefficient (Wildman–Crippen LogP) is 1.08. The minimum Gasteiger partial charge on any atom is -0.314 e. The van der Waals surface area contributed by atoms with E-state index in [9.17, 15) is 0 Å². The van der Waals surface area contributed by atoms with Gasteiger partial charge in [-0.15, -0.1) is 12.3 Å². The molecule has 2 nitrogen and oxygen atoms in total. The van der Waals surface area contributed by atoms with Crippen LogP contribution in [0.3, 0.4) is 0 Å². The van der Waals surface area contributed by atoms with Gasteiger partial charge in [-0.1, -0.05) is 0 Å². The largest absolute Gasteiger partial charge is 0.314 e. The highest BCUT2D eigenvalue weighted by atomic mass is 15.2. The first-order valence-electron chi connectivity index (χ1n) is 5.79. The van der Waals surface area contributed by atoms with Crippen LogP contribution in [0.4, 0.5) is 0 Å². The lowest BCUT2D eigenvalue weighted by molar-refractivity contribution is 0.221. The third-order valence-corrected chi connectivity index (χ3v) is 3.54. The number of terminal acetylenes is 1. The van der Waals surface area contributed by atoms with E-state index in [0.717, 1.165) is 31.3 Å². The third kappa shape index (κ3) is 2.29. The van der Waals surface area contributed by atoms with Crippen molar-refractivity contribution in [1.29, 1.82) is 0 Å². The zero-order chi connectivity index (χ0) is 9.80. The van der Waals surface area contributed by atoms with Crippen LogP contribution in [0.1, 0.15) is 25.7 Å². The zero-order valence-electron chi connectivity index (χ0n) is 8.84. The summed E-state index contributed by atoms with van der Waals surface area (Å²) in [4.78, 5) is 2.59. The molecule has 2 heteroatoms. The molecule has 2 fully saturated rings. The van der Waals surface area contributed by atoms with Crippen LogP contribution in [0, 0.1) is 18.3 Å². The molecule has 2 aliphatic heterocycles. The maximum Gasteiger partial charge on any atom is 0.0120 e. The summed E-state index contributed by atoms with van der Waals surface area (Å²) in [7, 11) is 0. The molecule has 0 aromatic heterocycles. The molecule has 2 heterocycles. The Bertz CT molecular complexity index is 219. The summed E-state index contributed by atoms with van der Waals surface area (Å²) in [6, 6.07) is 0.770. The highest BCUT2D eigenvalue weighted by Crippen LogP contribution is 2.26. The van der Waals surface area contributed by atoms with E-state index in [4.69, 9.17) is 6.42 Å². The second-order valence-corrected chi connectivity index (χ2v) is 4.51. The van der Waals surface area contributed by atoms with Gasteiger partial charge in [0.05, 0.1) is 0 Å². The molecule has 0 spiro atoms. The molecule has 0 radical (unpaired) electrons. The number of nitrogens with one attached hydrogen (secondary N) is 1. The Hall–Kier alpha value is -0.520. The SMILES string of the molecule is C#CCCCNC1CCN2CCC1C2. The lowest BCUT2D eigenvalue weighted by atomic mass is 9.94. The first-order chi connectivity index (χ1) is 6.90. The molecular formula is C12H20N2. The van der Waals surface area contributed by atoms with E-state index in [1.807, 2.05) is 0 Å². The van der Waals surface area contributed by atoms with Gasteiger partial charge in [0.15, 0.2) is 0 Å². The average Bonchev–Trinajstić information content (AvgIpc) is 2.59. The number of nitrogens with zero attached hydrogens (tertiary/aromatic N) is 1. The Morgan fingerprint density at radius 3 is 3.07 bits per heavy atom. The molecule has 78 valence electrons. The Morgan fingerprint density at radius 1 is 1.36 bits per heavy atom. The molecular weight excluding hydrogens is 172 g/mol. The molecule has 0 saturated carbocycles. The number of fused-ring (bicyclic) bond motifs is 2. The number of rotatable bonds is 4. The van der Waals surface area contributed by atoms with Gasteiger partial charge in [0.2, 0.25) is 0 Å². The Kier molecular flexibility index (Phi) is 3.44. The topological polar surface area (TPSA) is 15.3 Å². The first kappa shape index (κ1) is 10.0. The molecule has 2 bridgehead atoms. The van der Waals surface area contributed by atoms with Gasteiger partial charge in [0, 0.05) is 19.0 Å². The molecule has 2 rings (SSSR count). The monoisotopic (exact) mass is 192 g/mol. The van der Waals surface area contributed by atoms with E-state index in [1.165, 1.54) is 32.5 Å². The molecule has 14 heavy (non-hydrogen) atoms. The average molecular weight is 192 g/mol. The van der Waals surface area contributed by atoms with Gasteiger partial charge in [-0.25, -0.2) is 0 Å². The molecule has 3 atom stereocenters. The van der Waals surface area contributed by atoms with Gasteiger partial charge >= 0.3 is 0 Å². The predicted molar refractivity (Wildman–Crippen MR) is 59.0 cm³/mol. The van der Waals surface area contributed by atoms with Gasteiger partial charge in [-0.05, 0) is 44.8 Å². The van der Waals surface area contributed by atoms with Crippen molar-refractivity contribution >= 4 is 0 Å². The number of hydrogen-bond acceptors (Lipinski definition) is 2. The molecule has 1 N–H and O–H groups in total. The van der Waals surface area contributed by atoms with Crippen LogP contribution < -0.4 is 5.32 Å². The van der Waals surface area contributed by atoms with Crippen LogP contribution >= 0.6 is 0 Å². The Labute approximate surface area is 87.1 Å². The van der Waals surface area contributed by atoms with E-state index in [-0.39, 0.29) is 0 Å². The van der Waals surface area contributed by atoms with Crippen molar-refractivity contribution in [2.24, 2.45) is 5.92 Å².